The third kappa shape index (κ3) is 3.47. The Bertz CT molecular complexity index is 506. The van der Waals surface area contributed by atoms with Gasteiger partial charge in [0.25, 0.3) is 0 Å². The first-order valence-corrected chi connectivity index (χ1v) is 6.89. The monoisotopic (exact) mass is 278 g/mol. The highest BCUT2D eigenvalue weighted by Gasteiger charge is 2.24. The van der Waals surface area contributed by atoms with Gasteiger partial charge in [0.15, 0.2) is 0 Å². The molecule has 0 saturated heterocycles. The van der Waals surface area contributed by atoms with Crippen molar-refractivity contribution in [3.63, 3.8) is 0 Å². The fraction of sp³-hybridized carbons (Fsp3) is 0.455. The molecule has 0 aliphatic carbocycles. The molecule has 102 valence electrons. The molecule has 0 bridgehead atoms. The SMILES string of the molecule is CNCCCN(C)S(=O)(=O)c1cc(F)ccc1F. The first-order valence-electron chi connectivity index (χ1n) is 5.45. The second kappa shape index (κ2) is 6.21. The van der Waals surface area contributed by atoms with E-state index in [2.05, 4.69) is 5.32 Å². The summed E-state index contributed by atoms with van der Waals surface area (Å²) in [7, 11) is -0.889. The summed E-state index contributed by atoms with van der Waals surface area (Å²) < 4.78 is 51.4. The summed E-state index contributed by atoms with van der Waals surface area (Å²) >= 11 is 0. The number of nitrogens with zero attached hydrogens (tertiary/aromatic N) is 1. The average molecular weight is 278 g/mol. The zero-order valence-electron chi connectivity index (χ0n) is 10.3. The average Bonchev–Trinajstić information content (AvgIpc) is 2.32. The fourth-order valence-corrected chi connectivity index (χ4v) is 2.72. The molecule has 0 atom stereocenters. The number of benzene rings is 1. The van der Waals surface area contributed by atoms with Crippen LogP contribution in [-0.4, -0.2) is 39.9 Å². The van der Waals surface area contributed by atoms with Gasteiger partial charge in [0.05, 0.1) is 0 Å². The molecule has 0 radical (unpaired) electrons. The van der Waals surface area contributed by atoms with Gasteiger partial charge in [0.2, 0.25) is 10.0 Å². The Kier molecular flexibility index (Phi) is 5.18. The fourth-order valence-electron chi connectivity index (χ4n) is 1.44. The van der Waals surface area contributed by atoms with E-state index in [1.807, 2.05) is 0 Å². The van der Waals surface area contributed by atoms with Crippen molar-refractivity contribution in [1.29, 1.82) is 0 Å². The van der Waals surface area contributed by atoms with Crippen molar-refractivity contribution < 1.29 is 17.2 Å². The third-order valence-electron chi connectivity index (χ3n) is 2.48. The maximum absolute atomic E-state index is 13.4. The number of nitrogens with one attached hydrogen (secondary N) is 1. The summed E-state index contributed by atoms with van der Waals surface area (Å²) in [6.45, 7) is 0.880. The molecule has 7 heteroatoms. The zero-order valence-corrected chi connectivity index (χ0v) is 11.1. The van der Waals surface area contributed by atoms with Crippen molar-refractivity contribution in [2.24, 2.45) is 0 Å². The van der Waals surface area contributed by atoms with Crippen molar-refractivity contribution in [3.05, 3.63) is 29.8 Å². The van der Waals surface area contributed by atoms with Gasteiger partial charge in [-0.05, 0) is 38.2 Å². The predicted molar refractivity (Wildman–Crippen MR) is 64.7 cm³/mol. The minimum atomic E-state index is -3.98. The smallest absolute Gasteiger partial charge is 0.245 e. The van der Waals surface area contributed by atoms with E-state index < -0.39 is 26.6 Å². The van der Waals surface area contributed by atoms with Crippen LogP contribution >= 0.6 is 0 Å². The molecule has 1 aromatic carbocycles. The van der Waals surface area contributed by atoms with E-state index in [1.165, 1.54) is 7.05 Å². The highest BCUT2D eigenvalue weighted by atomic mass is 32.2. The molecule has 0 amide bonds. The van der Waals surface area contributed by atoms with E-state index in [1.54, 1.807) is 7.05 Å². The molecule has 0 aromatic heterocycles. The van der Waals surface area contributed by atoms with Gasteiger partial charge in [-0.15, -0.1) is 0 Å². The molecule has 0 spiro atoms. The molecule has 0 unspecified atom stereocenters. The van der Waals surface area contributed by atoms with Crippen LogP contribution in [0, 0.1) is 11.6 Å². The highest BCUT2D eigenvalue weighted by Crippen LogP contribution is 2.19. The first kappa shape index (κ1) is 15.0. The van der Waals surface area contributed by atoms with Crippen LogP contribution in [0.5, 0.6) is 0 Å². The molecule has 4 nitrogen and oxygen atoms in total. The number of sulfonamides is 1. The van der Waals surface area contributed by atoms with E-state index >= 15 is 0 Å². The topological polar surface area (TPSA) is 49.4 Å². The molecular weight excluding hydrogens is 262 g/mol. The number of hydrogen-bond donors (Lipinski definition) is 1. The Morgan fingerprint density at radius 2 is 2.00 bits per heavy atom. The summed E-state index contributed by atoms with van der Waals surface area (Å²) in [5.41, 5.74) is 0. The molecule has 1 rings (SSSR count). The molecule has 18 heavy (non-hydrogen) atoms. The lowest BCUT2D eigenvalue weighted by molar-refractivity contribution is 0.451. The molecule has 0 saturated carbocycles. The van der Waals surface area contributed by atoms with Crippen LogP contribution in [0.15, 0.2) is 23.1 Å². The van der Waals surface area contributed by atoms with Gasteiger partial charge in [-0.1, -0.05) is 0 Å². The quantitative estimate of drug-likeness (QED) is 0.795. The lowest BCUT2D eigenvalue weighted by Gasteiger charge is -2.17. The van der Waals surface area contributed by atoms with Gasteiger partial charge in [0.1, 0.15) is 16.5 Å². The van der Waals surface area contributed by atoms with Crippen LogP contribution in [0.2, 0.25) is 0 Å². The van der Waals surface area contributed by atoms with Crippen LogP contribution < -0.4 is 5.32 Å². The molecule has 0 heterocycles. The van der Waals surface area contributed by atoms with Gasteiger partial charge in [-0.25, -0.2) is 21.5 Å². The van der Waals surface area contributed by atoms with Crippen molar-refractivity contribution in [2.45, 2.75) is 11.3 Å². The second-order valence-corrected chi connectivity index (χ2v) is 5.87. The van der Waals surface area contributed by atoms with Gasteiger partial charge >= 0.3 is 0 Å². The molecule has 1 N–H and O–H groups in total. The van der Waals surface area contributed by atoms with Crippen molar-refractivity contribution in [2.75, 3.05) is 27.2 Å². The first-order chi connectivity index (χ1) is 8.39. The van der Waals surface area contributed by atoms with Gasteiger partial charge in [-0.2, -0.15) is 0 Å². The minimum absolute atomic E-state index is 0.235. The van der Waals surface area contributed by atoms with E-state index in [4.69, 9.17) is 0 Å². The Balaban J connectivity index is 2.95. The summed E-state index contributed by atoms with van der Waals surface area (Å²) in [5, 5.41) is 2.88. The zero-order chi connectivity index (χ0) is 13.8. The largest absolute Gasteiger partial charge is 0.320 e. The lowest BCUT2D eigenvalue weighted by atomic mass is 10.3. The summed E-state index contributed by atoms with van der Waals surface area (Å²) in [6.07, 6.45) is 0.586. The number of rotatable bonds is 6. The Morgan fingerprint density at radius 3 is 2.61 bits per heavy atom. The van der Waals surface area contributed by atoms with Crippen LogP contribution in [-0.2, 0) is 10.0 Å². The van der Waals surface area contributed by atoms with E-state index in [-0.39, 0.29) is 6.54 Å². The predicted octanol–water partition coefficient (Wildman–Crippen LogP) is 1.19. The molecular formula is C11H16F2N2O2S. The summed E-state index contributed by atoms with van der Waals surface area (Å²) in [4.78, 5) is -0.630. The van der Waals surface area contributed by atoms with Crippen molar-refractivity contribution in [1.82, 2.24) is 9.62 Å². The van der Waals surface area contributed by atoms with Crippen LogP contribution in [0.1, 0.15) is 6.42 Å². The maximum Gasteiger partial charge on any atom is 0.245 e. The highest BCUT2D eigenvalue weighted by molar-refractivity contribution is 7.89. The van der Waals surface area contributed by atoms with Crippen LogP contribution in [0.4, 0.5) is 8.78 Å². The summed E-state index contributed by atoms with van der Waals surface area (Å²) in [6, 6.07) is 2.39. The van der Waals surface area contributed by atoms with Gasteiger partial charge in [0, 0.05) is 13.6 Å². The van der Waals surface area contributed by atoms with E-state index in [0.29, 0.717) is 19.0 Å². The number of halogens is 2. The molecule has 0 aliphatic rings. The Morgan fingerprint density at radius 1 is 1.33 bits per heavy atom. The van der Waals surface area contributed by atoms with Crippen molar-refractivity contribution in [3.8, 4) is 0 Å². The number of hydrogen-bond acceptors (Lipinski definition) is 3. The van der Waals surface area contributed by atoms with Gasteiger partial charge in [-0.3, -0.25) is 0 Å². The van der Waals surface area contributed by atoms with Crippen molar-refractivity contribution >= 4 is 10.0 Å². The second-order valence-electron chi connectivity index (χ2n) is 3.86. The van der Waals surface area contributed by atoms with Crippen LogP contribution in [0.25, 0.3) is 0 Å². The third-order valence-corrected chi connectivity index (χ3v) is 4.35. The van der Waals surface area contributed by atoms with E-state index in [9.17, 15) is 17.2 Å². The Hall–Kier alpha value is -1.05. The normalized spacial score (nSPS) is 12.1. The molecule has 0 aliphatic heterocycles. The molecule has 1 aromatic rings. The Labute approximate surface area is 106 Å². The molecule has 0 fully saturated rings. The summed E-state index contributed by atoms with van der Waals surface area (Å²) in [5.74, 6) is -1.73. The maximum atomic E-state index is 13.4. The minimum Gasteiger partial charge on any atom is -0.320 e. The lowest BCUT2D eigenvalue weighted by Crippen LogP contribution is -2.30. The van der Waals surface area contributed by atoms with Gasteiger partial charge < -0.3 is 5.32 Å². The standard InChI is InChI=1S/C11H16F2N2O2S/c1-14-6-3-7-15(2)18(16,17)11-8-9(12)4-5-10(11)13/h4-5,8,14H,3,6-7H2,1-2H3. The van der Waals surface area contributed by atoms with E-state index in [0.717, 1.165) is 16.4 Å². The van der Waals surface area contributed by atoms with Crippen LogP contribution in [0.3, 0.4) is 0 Å².